The number of alkyl halides is 3. The van der Waals surface area contributed by atoms with Crippen molar-refractivity contribution in [3.05, 3.63) is 28.8 Å². The molecule has 2 heterocycles. The number of hydrogen-bond acceptors (Lipinski definition) is 2. The predicted molar refractivity (Wildman–Crippen MR) is 86.4 cm³/mol. The highest BCUT2D eigenvalue weighted by atomic mass is 35.5. The van der Waals surface area contributed by atoms with Gasteiger partial charge in [0.15, 0.2) is 0 Å². The molecule has 2 saturated heterocycles. The number of likely N-dealkylation sites (tertiary alicyclic amines) is 1. The summed E-state index contributed by atoms with van der Waals surface area (Å²) in [6.07, 6.45) is -3.05. The summed E-state index contributed by atoms with van der Waals surface area (Å²) in [5, 5.41) is 2.29. The number of urea groups is 1. The van der Waals surface area contributed by atoms with Gasteiger partial charge in [-0.05, 0) is 31.0 Å². The van der Waals surface area contributed by atoms with E-state index in [0.717, 1.165) is 18.6 Å². The Morgan fingerprint density at radius 1 is 1.28 bits per heavy atom. The molecule has 2 fully saturated rings. The van der Waals surface area contributed by atoms with Crippen molar-refractivity contribution in [2.45, 2.75) is 37.5 Å². The maximum absolute atomic E-state index is 13.2. The first-order valence-electron chi connectivity index (χ1n) is 7.87. The van der Waals surface area contributed by atoms with Gasteiger partial charge in [0, 0.05) is 31.1 Å². The van der Waals surface area contributed by atoms with E-state index in [1.807, 2.05) is 0 Å². The van der Waals surface area contributed by atoms with Gasteiger partial charge in [0.2, 0.25) is 5.91 Å². The fourth-order valence-corrected chi connectivity index (χ4v) is 3.66. The Balaban J connectivity index is 1.85. The Hall–Kier alpha value is -1.96. The average molecular weight is 376 g/mol. The number of rotatable bonds is 1. The molecule has 0 spiro atoms. The zero-order valence-corrected chi connectivity index (χ0v) is 14.2. The molecule has 2 bridgehead atoms. The maximum Gasteiger partial charge on any atom is 0.418 e. The van der Waals surface area contributed by atoms with Gasteiger partial charge in [0.05, 0.1) is 17.3 Å². The van der Waals surface area contributed by atoms with Crippen molar-refractivity contribution in [1.82, 2.24) is 9.80 Å². The van der Waals surface area contributed by atoms with Crippen LogP contribution >= 0.6 is 11.6 Å². The molecule has 1 aromatic carbocycles. The van der Waals surface area contributed by atoms with Crippen LogP contribution in [-0.2, 0) is 11.0 Å². The van der Waals surface area contributed by atoms with Crippen LogP contribution in [0.25, 0.3) is 0 Å². The van der Waals surface area contributed by atoms with E-state index in [1.54, 1.807) is 11.9 Å². The highest BCUT2D eigenvalue weighted by Crippen LogP contribution is 2.37. The monoisotopic (exact) mass is 375 g/mol. The molecule has 3 amide bonds. The van der Waals surface area contributed by atoms with Gasteiger partial charge in [-0.1, -0.05) is 11.6 Å². The van der Waals surface area contributed by atoms with E-state index >= 15 is 0 Å². The molecule has 0 saturated carbocycles. The predicted octanol–water partition coefficient (Wildman–Crippen LogP) is 3.59. The van der Waals surface area contributed by atoms with Crippen molar-refractivity contribution in [1.29, 1.82) is 0 Å². The van der Waals surface area contributed by atoms with E-state index in [1.165, 1.54) is 11.0 Å². The molecular formula is C16H17ClF3N3O2. The van der Waals surface area contributed by atoms with Crippen LogP contribution in [0.15, 0.2) is 18.2 Å². The smallest absolute Gasteiger partial charge is 0.344 e. The molecule has 2 aliphatic heterocycles. The van der Waals surface area contributed by atoms with Crippen LogP contribution in [0.5, 0.6) is 0 Å². The van der Waals surface area contributed by atoms with E-state index in [0.29, 0.717) is 13.0 Å². The number of fused-ring (bicyclic) bond motifs is 2. The number of carbonyl (C=O) groups excluding carboxylic acids is 2. The lowest BCUT2D eigenvalue weighted by atomic mass is 10.1. The molecule has 1 N–H and O–H groups in total. The summed E-state index contributed by atoms with van der Waals surface area (Å²) in [7, 11) is 1.67. The third kappa shape index (κ3) is 3.53. The minimum Gasteiger partial charge on any atom is -0.344 e. The zero-order valence-electron chi connectivity index (χ0n) is 13.4. The largest absolute Gasteiger partial charge is 0.418 e. The number of carbonyl (C=O) groups is 2. The van der Waals surface area contributed by atoms with E-state index in [9.17, 15) is 22.8 Å². The van der Waals surface area contributed by atoms with Gasteiger partial charge < -0.3 is 15.1 Å². The average Bonchev–Trinajstić information content (AvgIpc) is 2.84. The molecule has 2 atom stereocenters. The Morgan fingerprint density at radius 2 is 1.96 bits per heavy atom. The highest BCUT2D eigenvalue weighted by Gasteiger charge is 2.42. The molecule has 25 heavy (non-hydrogen) atoms. The summed E-state index contributed by atoms with van der Waals surface area (Å²) in [6, 6.07) is 2.11. The van der Waals surface area contributed by atoms with E-state index in [4.69, 9.17) is 11.6 Å². The van der Waals surface area contributed by atoms with Crippen LogP contribution in [-0.4, -0.2) is 47.4 Å². The second kappa shape index (κ2) is 6.40. The lowest BCUT2D eigenvalue weighted by Crippen LogP contribution is -2.45. The fraction of sp³-hybridized carbons (Fsp3) is 0.500. The number of hydrogen-bond donors (Lipinski definition) is 1. The quantitative estimate of drug-likeness (QED) is 0.815. The van der Waals surface area contributed by atoms with Crippen molar-refractivity contribution in [3.8, 4) is 0 Å². The molecule has 0 aliphatic carbocycles. The molecule has 1 aromatic rings. The highest BCUT2D eigenvalue weighted by molar-refractivity contribution is 6.30. The first-order valence-corrected chi connectivity index (χ1v) is 8.24. The number of amides is 3. The topological polar surface area (TPSA) is 52.7 Å². The van der Waals surface area contributed by atoms with Crippen LogP contribution in [0, 0.1) is 0 Å². The normalized spacial score (nSPS) is 23.6. The van der Waals surface area contributed by atoms with Crippen molar-refractivity contribution >= 4 is 29.2 Å². The van der Waals surface area contributed by atoms with Gasteiger partial charge in [-0.25, -0.2) is 4.79 Å². The molecule has 136 valence electrons. The van der Waals surface area contributed by atoms with Crippen molar-refractivity contribution in [2.24, 2.45) is 0 Å². The molecule has 3 rings (SSSR count). The molecule has 0 radical (unpaired) electrons. The Morgan fingerprint density at radius 3 is 2.64 bits per heavy atom. The Labute approximate surface area is 147 Å². The maximum atomic E-state index is 13.2. The van der Waals surface area contributed by atoms with Gasteiger partial charge >= 0.3 is 12.2 Å². The zero-order chi connectivity index (χ0) is 18.4. The van der Waals surface area contributed by atoms with Crippen molar-refractivity contribution in [3.63, 3.8) is 0 Å². The van der Waals surface area contributed by atoms with Gasteiger partial charge in [-0.3, -0.25) is 4.79 Å². The van der Waals surface area contributed by atoms with E-state index in [-0.39, 0.29) is 35.1 Å². The summed E-state index contributed by atoms with van der Waals surface area (Å²) in [5.74, 6) is -0.0625. The van der Waals surface area contributed by atoms with Crippen LogP contribution < -0.4 is 5.32 Å². The summed E-state index contributed by atoms with van der Waals surface area (Å²) in [6.45, 7) is 0.384. The lowest BCUT2D eigenvalue weighted by Gasteiger charge is -2.28. The number of benzene rings is 1. The number of likely N-dealkylation sites (N-methyl/N-ethyl adjacent to an activating group) is 1. The van der Waals surface area contributed by atoms with Crippen LogP contribution in [0.2, 0.25) is 5.02 Å². The van der Waals surface area contributed by atoms with Crippen molar-refractivity contribution < 1.29 is 22.8 Å². The molecule has 5 nitrogen and oxygen atoms in total. The van der Waals surface area contributed by atoms with E-state index in [2.05, 4.69) is 5.32 Å². The fourth-order valence-electron chi connectivity index (χ4n) is 3.49. The first kappa shape index (κ1) is 17.8. The van der Waals surface area contributed by atoms with Crippen molar-refractivity contribution in [2.75, 3.05) is 18.9 Å². The van der Waals surface area contributed by atoms with Gasteiger partial charge in [-0.2, -0.15) is 13.2 Å². The Kier molecular flexibility index (Phi) is 4.57. The molecule has 9 heteroatoms. The Bertz CT molecular complexity index is 710. The van der Waals surface area contributed by atoms with Crippen LogP contribution in [0.1, 0.15) is 24.8 Å². The number of anilines is 1. The minimum absolute atomic E-state index is 0.0625. The summed E-state index contributed by atoms with van der Waals surface area (Å²) in [5.41, 5.74) is -1.34. The molecular weight excluding hydrogens is 359 g/mol. The molecule has 0 unspecified atom stereocenters. The van der Waals surface area contributed by atoms with Gasteiger partial charge in [0.1, 0.15) is 0 Å². The first-order chi connectivity index (χ1) is 11.7. The lowest BCUT2D eigenvalue weighted by molar-refractivity contribution is -0.137. The minimum atomic E-state index is -4.64. The van der Waals surface area contributed by atoms with Crippen LogP contribution in [0.4, 0.5) is 23.7 Å². The summed E-state index contributed by atoms with van der Waals surface area (Å²) >= 11 is 5.65. The second-order valence-corrected chi connectivity index (χ2v) is 6.82. The molecule has 0 aromatic heterocycles. The molecule has 2 aliphatic rings. The SMILES string of the molecule is CN1C[C@@H]2CC[C@H](CC1=O)N2C(=O)Nc1ccc(Cl)cc1C(F)(F)F. The van der Waals surface area contributed by atoms with Crippen LogP contribution in [0.3, 0.4) is 0 Å². The number of halogens is 4. The van der Waals surface area contributed by atoms with E-state index < -0.39 is 17.8 Å². The van der Waals surface area contributed by atoms with Gasteiger partial charge in [-0.15, -0.1) is 0 Å². The second-order valence-electron chi connectivity index (χ2n) is 6.39. The summed E-state index contributed by atoms with van der Waals surface area (Å²) in [4.78, 5) is 27.7. The van der Waals surface area contributed by atoms with Gasteiger partial charge in [0.25, 0.3) is 0 Å². The third-order valence-electron chi connectivity index (χ3n) is 4.70. The number of nitrogens with zero attached hydrogens (tertiary/aromatic N) is 2. The standard InChI is InChI=1S/C16H17ClF3N3O2/c1-22-8-11-4-3-10(7-14(22)24)23(11)15(25)21-13-5-2-9(17)6-12(13)16(18,19)20/h2,5-6,10-11H,3-4,7-8H2,1H3,(H,21,25)/t10-,11+/m1/s1. The third-order valence-corrected chi connectivity index (χ3v) is 4.94. The summed E-state index contributed by atoms with van der Waals surface area (Å²) < 4.78 is 39.5. The number of nitrogens with one attached hydrogen (secondary N) is 1.